The lowest BCUT2D eigenvalue weighted by molar-refractivity contribution is 0.0526. The van der Waals surface area contributed by atoms with Gasteiger partial charge in [0.1, 0.15) is 0 Å². The van der Waals surface area contributed by atoms with Crippen LogP contribution in [0.4, 0.5) is 5.69 Å². The SMILES string of the molecule is CCOC(=O)c1ccc(NC(C)CO)cc1. The Hall–Kier alpha value is -1.55. The predicted molar refractivity (Wildman–Crippen MR) is 62.6 cm³/mol. The van der Waals surface area contributed by atoms with E-state index in [1.54, 1.807) is 31.2 Å². The van der Waals surface area contributed by atoms with Crippen molar-refractivity contribution in [3.8, 4) is 0 Å². The maximum absolute atomic E-state index is 11.4. The molecule has 0 aliphatic heterocycles. The van der Waals surface area contributed by atoms with Crippen LogP contribution in [0, 0.1) is 0 Å². The Balaban J connectivity index is 2.64. The quantitative estimate of drug-likeness (QED) is 0.745. The smallest absolute Gasteiger partial charge is 0.338 e. The molecule has 1 unspecified atom stereocenters. The van der Waals surface area contributed by atoms with Crippen molar-refractivity contribution in [1.29, 1.82) is 0 Å². The molecule has 0 aromatic heterocycles. The molecule has 0 heterocycles. The Morgan fingerprint density at radius 2 is 2.06 bits per heavy atom. The molecule has 0 saturated carbocycles. The van der Waals surface area contributed by atoms with Crippen LogP contribution < -0.4 is 5.32 Å². The highest BCUT2D eigenvalue weighted by atomic mass is 16.5. The minimum absolute atomic E-state index is 0.00607. The third-order valence-electron chi connectivity index (χ3n) is 2.08. The zero-order chi connectivity index (χ0) is 12.0. The minimum atomic E-state index is -0.316. The van der Waals surface area contributed by atoms with Crippen LogP contribution >= 0.6 is 0 Å². The number of hydrogen-bond acceptors (Lipinski definition) is 4. The van der Waals surface area contributed by atoms with E-state index >= 15 is 0 Å². The molecule has 4 heteroatoms. The summed E-state index contributed by atoms with van der Waals surface area (Å²) in [7, 11) is 0. The van der Waals surface area contributed by atoms with Gasteiger partial charge >= 0.3 is 5.97 Å². The van der Waals surface area contributed by atoms with E-state index in [2.05, 4.69) is 5.32 Å². The number of esters is 1. The summed E-state index contributed by atoms with van der Waals surface area (Å²) in [5.74, 6) is -0.316. The first-order valence-corrected chi connectivity index (χ1v) is 5.32. The molecule has 88 valence electrons. The van der Waals surface area contributed by atoms with E-state index in [0.717, 1.165) is 5.69 Å². The average Bonchev–Trinajstić information content (AvgIpc) is 2.30. The summed E-state index contributed by atoms with van der Waals surface area (Å²) in [6.07, 6.45) is 0. The number of anilines is 1. The summed E-state index contributed by atoms with van der Waals surface area (Å²) < 4.78 is 4.87. The average molecular weight is 223 g/mol. The van der Waals surface area contributed by atoms with Crippen molar-refractivity contribution in [3.05, 3.63) is 29.8 Å². The second-order valence-corrected chi connectivity index (χ2v) is 3.53. The molecule has 1 aromatic carbocycles. The number of aliphatic hydroxyl groups excluding tert-OH is 1. The highest BCUT2D eigenvalue weighted by Crippen LogP contribution is 2.11. The van der Waals surface area contributed by atoms with Gasteiger partial charge < -0.3 is 15.2 Å². The van der Waals surface area contributed by atoms with Gasteiger partial charge in [-0.3, -0.25) is 0 Å². The maximum atomic E-state index is 11.4. The van der Waals surface area contributed by atoms with Gasteiger partial charge in [0, 0.05) is 11.7 Å². The molecule has 0 radical (unpaired) electrons. The number of ether oxygens (including phenoxy) is 1. The summed E-state index contributed by atoms with van der Waals surface area (Å²) in [6, 6.07) is 6.97. The number of aliphatic hydroxyl groups is 1. The molecule has 0 aliphatic rings. The van der Waals surface area contributed by atoms with Crippen LogP contribution in [0.5, 0.6) is 0 Å². The molecule has 1 rings (SSSR count). The zero-order valence-electron chi connectivity index (χ0n) is 9.56. The molecule has 2 N–H and O–H groups in total. The fourth-order valence-electron chi connectivity index (χ4n) is 1.25. The predicted octanol–water partition coefficient (Wildman–Crippen LogP) is 1.66. The largest absolute Gasteiger partial charge is 0.462 e. The Morgan fingerprint density at radius 1 is 1.44 bits per heavy atom. The lowest BCUT2D eigenvalue weighted by Gasteiger charge is -2.12. The molecule has 4 nitrogen and oxygen atoms in total. The highest BCUT2D eigenvalue weighted by molar-refractivity contribution is 5.89. The van der Waals surface area contributed by atoms with E-state index in [-0.39, 0.29) is 18.6 Å². The lowest BCUT2D eigenvalue weighted by atomic mass is 10.2. The zero-order valence-corrected chi connectivity index (χ0v) is 9.56. The topological polar surface area (TPSA) is 58.6 Å². The second kappa shape index (κ2) is 6.12. The van der Waals surface area contributed by atoms with Gasteiger partial charge in [-0.15, -0.1) is 0 Å². The first-order valence-electron chi connectivity index (χ1n) is 5.32. The van der Waals surface area contributed by atoms with Crippen LogP contribution in [0.3, 0.4) is 0 Å². The summed E-state index contributed by atoms with van der Waals surface area (Å²) in [5.41, 5.74) is 1.40. The van der Waals surface area contributed by atoms with Crippen molar-refractivity contribution in [1.82, 2.24) is 0 Å². The van der Waals surface area contributed by atoms with Gasteiger partial charge in [0.25, 0.3) is 0 Å². The van der Waals surface area contributed by atoms with E-state index in [9.17, 15) is 4.79 Å². The van der Waals surface area contributed by atoms with Gasteiger partial charge in [0.05, 0.1) is 18.8 Å². The van der Waals surface area contributed by atoms with Crippen molar-refractivity contribution < 1.29 is 14.6 Å². The molecular formula is C12H17NO3. The lowest BCUT2D eigenvalue weighted by Crippen LogP contribution is -2.19. The van der Waals surface area contributed by atoms with E-state index in [1.165, 1.54) is 0 Å². The number of nitrogens with one attached hydrogen (secondary N) is 1. The van der Waals surface area contributed by atoms with Crippen molar-refractivity contribution in [2.24, 2.45) is 0 Å². The molecule has 16 heavy (non-hydrogen) atoms. The molecule has 0 spiro atoms. The third-order valence-corrected chi connectivity index (χ3v) is 2.08. The standard InChI is InChI=1S/C12H17NO3/c1-3-16-12(15)10-4-6-11(7-5-10)13-9(2)8-14/h4-7,9,13-14H,3,8H2,1-2H3. The number of rotatable bonds is 5. The Morgan fingerprint density at radius 3 is 2.56 bits per heavy atom. The van der Waals surface area contributed by atoms with E-state index in [4.69, 9.17) is 9.84 Å². The van der Waals surface area contributed by atoms with Gasteiger partial charge in [-0.25, -0.2) is 4.79 Å². The molecule has 0 fully saturated rings. The molecule has 1 atom stereocenters. The van der Waals surface area contributed by atoms with Gasteiger partial charge in [-0.2, -0.15) is 0 Å². The normalized spacial score (nSPS) is 11.9. The van der Waals surface area contributed by atoms with Crippen LogP contribution in [0.1, 0.15) is 24.2 Å². The number of benzene rings is 1. The van der Waals surface area contributed by atoms with Gasteiger partial charge in [-0.05, 0) is 38.1 Å². The van der Waals surface area contributed by atoms with Crippen LogP contribution in [0.15, 0.2) is 24.3 Å². The molecular weight excluding hydrogens is 206 g/mol. The molecule has 0 bridgehead atoms. The van der Waals surface area contributed by atoms with Crippen molar-refractivity contribution in [2.75, 3.05) is 18.5 Å². The van der Waals surface area contributed by atoms with Crippen LogP contribution in [-0.2, 0) is 4.74 Å². The summed E-state index contributed by atoms with van der Waals surface area (Å²) in [4.78, 5) is 11.4. The van der Waals surface area contributed by atoms with Crippen molar-refractivity contribution in [3.63, 3.8) is 0 Å². The molecule has 0 aliphatic carbocycles. The van der Waals surface area contributed by atoms with Crippen LogP contribution in [0.2, 0.25) is 0 Å². The fourth-order valence-corrected chi connectivity index (χ4v) is 1.25. The van der Waals surface area contributed by atoms with Crippen molar-refractivity contribution >= 4 is 11.7 Å². The Bertz CT molecular complexity index is 335. The third kappa shape index (κ3) is 3.55. The van der Waals surface area contributed by atoms with Gasteiger partial charge in [0.2, 0.25) is 0 Å². The fraction of sp³-hybridized carbons (Fsp3) is 0.417. The Labute approximate surface area is 95.2 Å². The summed E-state index contributed by atoms with van der Waals surface area (Å²) in [6.45, 7) is 4.09. The number of carbonyl (C=O) groups excluding carboxylic acids is 1. The summed E-state index contributed by atoms with van der Waals surface area (Å²) in [5, 5.41) is 12.0. The van der Waals surface area contributed by atoms with Crippen LogP contribution in [0.25, 0.3) is 0 Å². The second-order valence-electron chi connectivity index (χ2n) is 3.53. The van der Waals surface area contributed by atoms with E-state index < -0.39 is 0 Å². The van der Waals surface area contributed by atoms with Gasteiger partial charge in [-0.1, -0.05) is 0 Å². The summed E-state index contributed by atoms with van der Waals surface area (Å²) >= 11 is 0. The van der Waals surface area contributed by atoms with Gasteiger partial charge in [0.15, 0.2) is 0 Å². The van der Waals surface area contributed by atoms with Crippen LogP contribution in [-0.4, -0.2) is 30.3 Å². The first kappa shape index (κ1) is 12.5. The Kier molecular flexibility index (Phi) is 4.79. The van der Waals surface area contributed by atoms with E-state index in [0.29, 0.717) is 12.2 Å². The molecule has 0 amide bonds. The van der Waals surface area contributed by atoms with Crippen molar-refractivity contribution in [2.45, 2.75) is 19.9 Å². The molecule has 0 saturated heterocycles. The van der Waals surface area contributed by atoms with E-state index in [1.807, 2.05) is 6.92 Å². The number of hydrogen-bond donors (Lipinski definition) is 2. The first-order chi connectivity index (χ1) is 7.67. The molecule has 1 aromatic rings. The number of carbonyl (C=O) groups is 1. The maximum Gasteiger partial charge on any atom is 0.338 e. The highest BCUT2D eigenvalue weighted by Gasteiger charge is 2.06. The minimum Gasteiger partial charge on any atom is -0.462 e. The monoisotopic (exact) mass is 223 g/mol.